The summed E-state index contributed by atoms with van der Waals surface area (Å²) < 4.78 is 0. The molecule has 0 bridgehead atoms. The van der Waals surface area contributed by atoms with Crippen LogP contribution in [0.1, 0.15) is 71.6 Å². The summed E-state index contributed by atoms with van der Waals surface area (Å²) in [5.74, 6) is 4.97. The van der Waals surface area contributed by atoms with Gasteiger partial charge in [-0.3, -0.25) is 4.79 Å². The topological polar surface area (TPSA) is 57.5 Å². The molecule has 0 aromatic rings. The number of Topliss-reactive ketones (excluding diaryl/α,β-unsaturated/α-hetero) is 1. The van der Waals surface area contributed by atoms with Gasteiger partial charge in [0.05, 0.1) is 18.5 Å². The quantitative estimate of drug-likeness (QED) is 0.683. The Labute approximate surface area is 169 Å². The minimum atomic E-state index is -0.0709. The maximum atomic E-state index is 12.9. The average molecular weight is 395 g/mol. The number of hydrogen-bond donors (Lipinski definition) is 2. The molecule has 4 heteroatoms. The highest BCUT2D eigenvalue weighted by Crippen LogP contribution is 2.67. The van der Waals surface area contributed by atoms with Gasteiger partial charge in [-0.05, 0) is 92.3 Å². The summed E-state index contributed by atoms with van der Waals surface area (Å²) in [6, 6.07) is 0. The van der Waals surface area contributed by atoms with Crippen molar-refractivity contribution in [3.05, 3.63) is 0 Å². The molecule has 0 saturated heterocycles. The predicted molar refractivity (Wildman–Crippen MR) is 111 cm³/mol. The maximum absolute atomic E-state index is 12.9. The Morgan fingerprint density at radius 1 is 1.00 bits per heavy atom. The number of rotatable bonds is 5. The smallest absolute Gasteiger partial charge is 0.146 e. The van der Waals surface area contributed by atoms with Crippen LogP contribution >= 0.6 is 11.8 Å². The summed E-state index contributed by atoms with van der Waals surface area (Å²) in [5, 5.41) is 19.2. The van der Waals surface area contributed by atoms with Crippen LogP contribution in [-0.4, -0.2) is 40.2 Å². The van der Waals surface area contributed by atoms with E-state index >= 15 is 0 Å². The SMILES string of the molecule is C[C@]12CCC(O)C[C@H]1CC[C@@H]1[C@@H]2CC[C@]2(C)[C@@H](C(=O)CSCCO)CC[C@@H]12. The van der Waals surface area contributed by atoms with E-state index in [1.807, 2.05) is 0 Å². The molecule has 8 atom stereocenters. The van der Waals surface area contributed by atoms with Crippen molar-refractivity contribution in [3.8, 4) is 0 Å². The summed E-state index contributed by atoms with van der Waals surface area (Å²) >= 11 is 1.60. The molecule has 4 aliphatic carbocycles. The molecule has 1 unspecified atom stereocenters. The van der Waals surface area contributed by atoms with Crippen molar-refractivity contribution in [1.82, 2.24) is 0 Å². The first-order valence-corrected chi connectivity index (χ1v) is 12.4. The molecular weight excluding hydrogens is 356 g/mol. The lowest BCUT2D eigenvalue weighted by Gasteiger charge is -2.60. The Bertz CT molecular complexity index is 566. The van der Waals surface area contributed by atoms with Gasteiger partial charge in [0.25, 0.3) is 0 Å². The third-order valence-corrected chi connectivity index (χ3v) is 10.5. The normalized spacial score (nSPS) is 49.2. The molecule has 4 saturated carbocycles. The van der Waals surface area contributed by atoms with Crippen molar-refractivity contribution >= 4 is 17.5 Å². The van der Waals surface area contributed by atoms with Gasteiger partial charge in [-0.2, -0.15) is 11.8 Å². The van der Waals surface area contributed by atoms with Crippen molar-refractivity contribution in [2.75, 3.05) is 18.1 Å². The average Bonchev–Trinajstić information content (AvgIpc) is 3.00. The number of carbonyl (C=O) groups is 1. The van der Waals surface area contributed by atoms with Crippen LogP contribution in [0.15, 0.2) is 0 Å². The fourth-order valence-corrected chi connectivity index (χ4v) is 8.78. The van der Waals surface area contributed by atoms with Gasteiger partial charge in [0, 0.05) is 11.7 Å². The highest BCUT2D eigenvalue weighted by Gasteiger charge is 2.60. The van der Waals surface area contributed by atoms with E-state index in [4.69, 9.17) is 5.11 Å². The third-order valence-electron chi connectivity index (χ3n) is 9.51. The van der Waals surface area contributed by atoms with Crippen LogP contribution in [0.25, 0.3) is 0 Å². The zero-order valence-electron chi connectivity index (χ0n) is 17.2. The molecule has 154 valence electrons. The summed E-state index contributed by atoms with van der Waals surface area (Å²) in [7, 11) is 0. The number of aliphatic hydroxyl groups excluding tert-OH is 2. The Kier molecular flexibility index (Phi) is 5.73. The first kappa shape index (κ1) is 20.2. The first-order valence-electron chi connectivity index (χ1n) is 11.3. The Hall–Kier alpha value is -0.0600. The van der Waals surface area contributed by atoms with Gasteiger partial charge in [-0.1, -0.05) is 13.8 Å². The largest absolute Gasteiger partial charge is 0.396 e. The monoisotopic (exact) mass is 394 g/mol. The number of fused-ring (bicyclic) bond motifs is 5. The molecule has 27 heavy (non-hydrogen) atoms. The Balaban J connectivity index is 1.49. The van der Waals surface area contributed by atoms with Gasteiger partial charge in [0.1, 0.15) is 5.78 Å². The summed E-state index contributed by atoms with van der Waals surface area (Å²) in [6.07, 6.45) is 10.6. The fourth-order valence-electron chi connectivity index (χ4n) is 8.10. The van der Waals surface area contributed by atoms with Crippen LogP contribution in [-0.2, 0) is 4.79 Å². The molecule has 0 aromatic heterocycles. The standard InChI is InChI=1S/C23H38O3S/c1-22-9-7-16(25)13-15(22)3-4-17-18-5-6-20(21(26)14-27-12-11-24)23(18,2)10-8-19(17)22/h15-20,24-25H,3-14H2,1-2H3/t15-,16?,17+,18+,19+,20-,22+,23+/m1/s1. The zero-order valence-corrected chi connectivity index (χ0v) is 18.0. The number of carbonyl (C=O) groups excluding carboxylic acids is 1. The molecule has 2 N–H and O–H groups in total. The lowest BCUT2D eigenvalue weighted by atomic mass is 9.44. The van der Waals surface area contributed by atoms with Gasteiger partial charge >= 0.3 is 0 Å². The molecule has 4 rings (SSSR count). The fraction of sp³-hybridized carbons (Fsp3) is 0.957. The van der Waals surface area contributed by atoms with Gasteiger partial charge in [0.15, 0.2) is 0 Å². The molecular formula is C23H38O3S. The molecule has 0 radical (unpaired) electrons. The van der Waals surface area contributed by atoms with E-state index < -0.39 is 0 Å². The van der Waals surface area contributed by atoms with Crippen LogP contribution in [0.4, 0.5) is 0 Å². The van der Waals surface area contributed by atoms with Crippen molar-refractivity contribution in [2.45, 2.75) is 77.7 Å². The van der Waals surface area contributed by atoms with E-state index in [0.717, 1.165) is 37.0 Å². The molecule has 0 spiro atoms. The summed E-state index contributed by atoms with van der Waals surface area (Å²) in [5.41, 5.74) is 0.623. The van der Waals surface area contributed by atoms with E-state index in [-0.39, 0.29) is 24.0 Å². The van der Waals surface area contributed by atoms with Crippen LogP contribution in [0, 0.1) is 40.4 Å². The van der Waals surface area contributed by atoms with E-state index in [1.165, 1.54) is 38.5 Å². The summed E-state index contributed by atoms with van der Waals surface area (Å²) in [6.45, 7) is 5.13. The Morgan fingerprint density at radius 3 is 2.52 bits per heavy atom. The molecule has 3 nitrogen and oxygen atoms in total. The van der Waals surface area contributed by atoms with E-state index in [1.54, 1.807) is 11.8 Å². The second kappa shape index (κ2) is 7.65. The highest BCUT2D eigenvalue weighted by molar-refractivity contribution is 7.99. The highest BCUT2D eigenvalue weighted by atomic mass is 32.2. The van der Waals surface area contributed by atoms with Crippen LogP contribution < -0.4 is 0 Å². The van der Waals surface area contributed by atoms with E-state index in [2.05, 4.69) is 13.8 Å². The van der Waals surface area contributed by atoms with Crippen molar-refractivity contribution < 1.29 is 15.0 Å². The molecule has 0 heterocycles. The zero-order chi connectivity index (χ0) is 19.2. The van der Waals surface area contributed by atoms with Crippen molar-refractivity contribution in [2.24, 2.45) is 40.4 Å². The van der Waals surface area contributed by atoms with E-state index in [9.17, 15) is 9.90 Å². The lowest BCUT2D eigenvalue weighted by Crippen LogP contribution is -2.54. The van der Waals surface area contributed by atoms with Gasteiger partial charge < -0.3 is 10.2 Å². The van der Waals surface area contributed by atoms with Gasteiger partial charge in [-0.15, -0.1) is 0 Å². The lowest BCUT2D eigenvalue weighted by molar-refractivity contribution is -0.138. The van der Waals surface area contributed by atoms with Crippen LogP contribution in [0.3, 0.4) is 0 Å². The van der Waals surface area contributed by atoms with E-state index in [0.29, 0.717) is 28.6 Å². The molecule has 4 aliphatic rings. The second-order valence-electron chi connectivity index (χ2n) is 10.5. The number of thioether (sulfide) groups is 1. The minimum absolute atomic E-state index is 0.0709. The minimum Gasteiger partial charge on any atom is -0.396 e. The molecule has 0 aliphatic heterocycles. The molecule has 4 fully saturated rings. The first-order chi connectivity index (χ1) is 12.9. The predicted octanol–water partition coefficient (Wildman–Crippen LogP) is 4.30. The summed E-state index contributed by atoms with van der Waals surface area (Å²) in [4.78, 5) is 12.9. The van der Waals surface area contributed by atoms with Crippen LogP contribution in [0.5, 0.6) is 0 Å². The number of hydrogen-bond acceptors (Lipinski definition) is 4. The van der Waals surface area contributed by atoms with Crippen molar-refractivity contribution in [3.63, 3.8) is 0 Å². The maximum Gasteiger partial charge on any atom is 0.146 e. The second-order valence-corrected chi connectivity index (χ2v) is 11.6. The van der Waals surface area contributed by atoms with Gasteiger partial charge in [-0.25, -0.2) is 0 Å². The van der Waals surface area contributed by atoms with Crippen LogP contribution in [0.2, 0.25) is 0 Å². The Morgan fingerprint density at radius 2 is 1.74 bits per heavy atom. The van der Waals surface area contributed by atoms with Gasteiger partial charge in [0.2, 0.25) is 0 Å². The van der Waals surface area contributed by atoms with Crippen molar-refractivity contribution in [1.29, 1.82) is 0 Å². The molecule has 0 amide bonds. The third kappa shape index (κ3) is 3.32. The number of ketones is 1. The number of aliphatic hydroxyl groups is 2. The molecule has 0 aromatic carbocycles.